The zero-order valence-corrected chi connectivity index (χ0v) is 12.0. The van der Waals surface area contributed by atoms with Crippen LogP contribution in [0.2, 0.25) is 6.32 Å². The molecule has 1 saturated heterocycles. The maximum absolute atomic E-state index is 11.2. The molecule has 1 rings (SSSR count). The van der Waals surface area contributed by atoms with Gasteiger partial charge in [0, 0.05) is 5.57 Å². The molecule has 18 heavy (non-hydrogen) atoms. The first kappa shape index (κ1) is 15.3. The van der Waals surface area contributed by atoms with E-state index in [4.69, 9.17) is 14.0 Å². The van der Waals surface area contributed by atoms with E-state index < -0.39 is 0 Å². The number of rotatable bonds is 5. The molecule has 1 fully saturated rings. The predicted molar refractivity (Wildman–Crippen MR) is 71.3 cm³/mol. The third kappa shape index (κ3) is 3.59. The molecule has 5 heteroatoms. The molecular weight excluding hydrogens is 231 g/mol. The lowest BCUT2D eigenvalue weighted by molar-refractivity contribution is -0.138. The lowest BCUT2D eigenvalue weighted by atomic mass is 9.83. The Morgan fingerprint density at radius 3 is 2.17 bits per heavy atom. The third-order valence-corrected chi connectivity index (χ3v) is 3.47. The van der Waals surface area contributed by atoms with E-state index in [0.717, 1.165) is 12.7 Å². The van der Waals surface area contributed by atoms with Gasteiger partial charge >= 0.3 is 13.1 Å². The molecule has 0 saturated carbocycles. The number of carbonyl (C=O) groups excluding carboxylic acids is 1. The fourth-order valence-corrected chi connectivity index (χ4v) is 1.62. The molecule has 0 aromatic carbocycles. The van der Waals surface area contributed by atoms with Crippen LogP contribution in [0.5, 0.6) is 0 Å². The Labute approximate surface area is 110 Å². The molecule has 0 bridgehead atoms. The standard InChI is InChI=1S/C13H23BO4/c1-10(2)11(15)16-9-7-8-14-17-12(3,4)13(5,6)18-14/h1,7-9H2,2-6H3. The molecular formula is C13H23BO4. The summed E-state index contributed by atoms with van der Waals surface area (Å²) < 4.78 is 16.7. The van der Waals surface area contributed by atoms with E-state index in [-0.39, 0.29) is 24.3 Å². The second-order valence-corrected chi connectivity index (χ2v) is 5.74. The molecule has 1 aliphatic heterocycles. The van der Waals surface area contributed by atoms with Gasteiger partial charge in [-0.2, -0.15) is 0 Å². The Bertz CT molecular complexity index is 320. The van der Waals surface area contributed by atoms with Gasteiger partial charge in [0.2, 0.25) is 0 Å². The fraction of sp³-hybridized carbons (Fsp3) is 0.769. The molecule has 0 unspecified atom stereocenters. The fourth-order valence-electron chi connectivity index (χ4n) is 1.62. The summed E-state index contributed by atoms with van der Waals surface area (Å²) in [6.07, 6.45) is 1.44. The Morgan fingerprint density at radius 1 is 1.22 bits per heavy atom. The highest BCUT2D eigenvalue weighted by Gasteiger charge is 2.50. The summed E-state index contributed by atoms with van der Waals surface area (Å²) in [5.74, 6) is -0.344. The van der Waals surface area contributed by atoms with Crippen molar-refractivity contribution >= 4 is 13.1 Å². The van der Waals surface area contributed by atoms with Crippen LogP contribution < -0.4 is 0 Å². The number of hydrogen-bond acceptors (Lipinski definition) is 4. The van der Waals surface area contributed by atoms with Crippen LogP contribution in [0.15, 0.2) is 12.2 Å². The average Bonchev–Trinajstić information content (AvgIpc) is 2.42. The van der Waals surface area contributed by atoms with Crippen molar-refractivity contribution in [3.63, 3.8) is 0 Å². The van der Waals surface area contributed by atoms with Gasteiger partial charge < -0.3 is 14.0 Å². The SMILES string of the molecule is C=C(C)C(=O)OCCCB1OC(C)(C)C(C)(C)O1. The average molecular weight is 254 g/mol. The number of ether oxygens (including phenoxy) is 1. The maximum atomic E-state index is 11.2. The van der Waals surface area contributed by atoms with Crippen LogP contribution >= 0.6 is 0 Å². The zero-order valence-electron chi connectivity index (χ0n) is 12.0. The van der Waals surface area contributed by atoms with Crippen LogP contribution in [0, 0.1) is 0 Å². The zero-order chi connectivity index (χ0) is 14.0. The topological polar surface area (TPSA) is 44.8 Å². The highest BCUT2D eigenvalue weighted by atomic mass is 16.7. The van der Waals surface area contributed by atoms with Crippen molar-refractivity contribution in [3.8, 4) is 0 Å². The van der Waals surface area contributed by atoms with Crippen molar-refractivity contribution in [2.45, 2.75) is 58.6 Å². The first-order valence-corrected chi connectivity index (χ1v) is 6.34. The van der Waals surface area contributed by atoms with Crippen molar-refractivity contribution in [1.29, 1.82) is 0 Å². The summed E-state index contributed by atoms with van der Waals surface area (Å²) >= 11 is 0. The van der Waals surface area contributed by atoms with Crippen molar-refractivity contribution in [3.05, 3.63) is 12.2 Å². The van der Waals surface area contributed by atoms with Gasteiger partial charge in [-0.3, -0.25) is 0 Å². The largest absolute Gasteiger partial charge is 0.462 e. The first-order chi connectivity index (χ1) is 8.16. The van der Waals surface area contributed by atoms with Crippen molar-refractivity contribution in [2.24, 2.45) is 0 Å². The molecule has 0 aromatic rings. The van der Waals surface area contributed by atoms with Gasteiger partial charge in [0.1, 0.15) is 0 Å². The third-order valence-electron chi connectivity index (χ3n) is 3.47. The minimum atomic E-state index is -0.344. The smallest absolute Gasteiger partial charge is 0.457 e. The van der Waals surface area contributed by atoms with E-state index in [9.17, 15) is 4.79 Å². The second-order valence-electron chi connectivity index (χ2n) is 5.74. The quantitative estimate of drug-likeness (QED) is 0.327. The molecule has 0 aromatic heterocycles. The van der Waals surface area contributed by atoms with Crippen LogP contribution in [-0.4, -0.2) is 30.9 Å². The minimum absolute atomic E-state index is 0.224. The molecule has 0 N–H and O–H groups in total. The first-order valence-electron chi connectivity index (χ1n) is 6.34. The van der Waals surface area contributed by atoms with Gasteiger partial charge in [-0.1, -0.05) is 6.58 Å². The molecule has 0 spiro atoms. The Hall–Kier alpha value is -0.805. The predicted octanol–water partition coefficient (Wildman–Crippen LogP) is 2.59. The summed E-state index contributed by atoms with van der Waals surface area (Å²) in [4.78, 5) is 11.2. The molecule has 0 aliphatic carbocycles. The van der Waals surface area contributed by atoms with E-state index >= 15 is 0 Å². The summed E-state index contributed by atoms with van der Waals surface area (Å²) in [6.45, 7) is 13.6. The van der Waals surface area contributed by atoms with Gasteiger partial charge in [0.25, 0.3) is 0 Å². The summed E-state index contributed by atoms with van der Waals surface area (Å²) in [6, 6.07) is 0. The monoisotopic (exact) mass is 254 g/mol. The van der Waals surface area contributed by atoms with Gasteiger partial charge in [-0.05, 0) is 47.4 Å². The van der Waals surface area contributed by atoms with Gasteiger partial charge in [-0.25, -0.2) is 4.79 Å². The molecule has 102 valence electrons. The van der Waals surface area contributed by atoms with E-state index in [1.807, 2.05) is 27.7 Å². The lowest BCUT2D eigenvalue weighted by Gasteiger charge is -2.32. The van der Waals surface area contributed by atoms with Crippen LogP contribution in [0.4, 0.5) is 0 Å². The summed E-state index contributed by atoms with van der Waals surface area (Å²) in [5.41, 5.74) is -0.177. The molecule has 1 aliphatic rings. The molecule has 0 amide bonds. The van der Waals surface area contributed by atoms with E-state index in [1.165, 1.54) is 0 Å². The van der Waals surface area contributed by atoms with Crippen molar-refractivity contribution in [1.82, 2.24) is 0 Å². The Morgan fingerprint density at radius 2 is 1.72 bits per heavy atom. The van der Waals surface area contributed by atoms with E-state index in [0.29, 0.717) is 12.2 Å². The maximum Gasteiger partial charge on any atom is 0.457 e. The molecule has 0 atom stereocenters. The van der Waals surface area contributed by atoms with Crippen LogP contribution in [0.3, 0.4) is 0 Å². The van der Waals surface area contributed by atoms with Crippen molar-refractivity contribution < 1.29 is 18.8 Å². The summed E-state index contributed by atoms with van der Waals surface area (Å²) in [7, 11) is -0.224. The van der Waals surface area contributed by atoms with Crippen LogP contribution in [0.25, 0.3) is 0 Å². The number of carbonyl (C=O) groups is 1. The summed E-state index contributed by atoms with van der Waals surface area (Å²) in [5, 5.41) is 0. The number of esters is 1. The minimum Gasteiger partial charge on any atom is -0.462 e. The van der Waals surface area contributed by atoms with Gasteiger partial charge in [0.05, 0.1) is 17.8 Å². The Balaban J connectivity index is 2.27. The highest BCUT2D eigenvalue weighted by molar-refractivity contribution is 6.45. The normalized spacial score (nSPS) is 20.8. The lowest BCUT2D eigenvalue weighted by Crippen LogP contribution is -2.41. The van der Waals surface area contributed by atoms with Gasteiger partial charge in [-0.15, -0.1) is 0 Å². The van der Waals surface area contributed by atoms with Crippen LogP contribution in [-0.2, 0) is 18.8 Å². The van der Waals surface area contributed by atoms with Crippen LogP contribution in [0.1, 0.15) is 41.0 Å². The Kier molecular flexibility index (Phi) is 4.62. The second kappa shape index (κ2) is 5.45. The molecule has 4 nitrogen and oxygen atoms in total. The van der Waals surface area contributed by atoms with E-state index in [1.54, 1.807) is 6.92 Å². The molecule has 1 heterocycles. The van der Waals surface area contributed by atoms with Gasteiger partial charge in [0.15, 0.2) is 0 Å². The molecule has 0 radical (unpaired) electrons. The highest BCUT2D eigenvalue weighted by Crippen LogP contribution is 2.37. The number of hydrogen-bond donors (Lipinski definition) is 0. The van der Waals surface area contributed by atoms with E-state index in [2.05, 4.69) is 6.58 Å². The van der Waals surface area contributed by atoms with Crippen molar-refractivity contribution in [2.75, 3.05) is 6.61 Å².